The van der Waals surface area contributed by atoms with Gasteiger partial charge >= 0.3 is 11.9 Å². The Labute approximate surface area is 112 Å². The second kappa shape index (κ2) is 5.26. The van der Waals surface area contributed by atoms with Crippen LogP contribution in [0.1, 0.15) is 54.0 Å². The molecule has 4 nitrogen and oxygen atoms in total. The van der Waals surface area contributed by atoms with Gasteiger partial charge in [0.25, 0.3) is 0 Å². The van der Waals surface area contributed by atoms with Crippen molar-refractivity contribution in [1.29, 1.82) is 0 Å². The Balaban J connectivity index is 3.29. The van der Waals surface area contributed by atoms with Crippen molar-refractivity contribution < 1.29 is 19.4 Å². The predicted molar refractivity (Wildman–Crippen MR) is 73.3 cm³/mol. The van der Waals surface area contributed by atoms with Gasteiger partial charge in [0.05, 0.1) is 11.1 Å². The van der Waals surface area contributed by atoms with Gasteiger partial charge in [-0.25, -0.2) is 9.59 Å². The number of allylic oxidation sites excluding steroid dienone is 1. The van der Waals surface area contributed by atoms with Crippen LogP contribution in [-0.4, -0.2) is 22.6 Å². The maximum absolute atomic E-state index is 12.0. The lowest BCUT2D eigenvalue weighted by Gasteiger charge is -2.20. The van der Waals surface area contributed by atoms with Gasteiger partial charge in [-0.15, -0.1) is 0 Å². The van der Waals surface area contributed by atoms with E-state index < -0.39 is 17.5 Å². The molecule has 19 heavy (non-hydrogen) atoms. The largest absolute Gasteiger partial charge is 0.478 e. The van der Waals surface area contributed by atoms with Gasteiger partial charge in [-0.05, 0) is 45.4 Å². The van der Waals surface area contributed by atoms with E-state index in [1.54, 1.807) is 33.8 Å². The summed E-state index contributed by atoms with van der Waals surface area (Å²) < 4.78 is 5.22. The molecular formula is C15H18O4. The van der Waals surface area contributed by atoms with E-state index in [2.05, 4.69) is 6.58 Å². The third-order valence-corrected chi connectivity index (χ3v) is 2.36. The monoisotopic (exact) mass is 262 g/mol. The van der Waals surface area contributed by atoms with E-state index in [9.17, 15) is 9.59 Å². The Hall–Kier alpha value is -2.10. The molecule has 0 aliphatic carbocycles. The fourth-order valence-corrected chi connectivity index (χ4v) is 1.50. The Kier molecular flexibility index (Phi) is 4.14. The molecule has 102 valence electrons. The first kappa shape index (κ1) is 15.0. The van der Waals surface area contributed by atoms with Gasteiger partial charge in [-0.2, -0.15) is 0 Å². The molecule has 0 unspecified atom stereocenters. The standard InChI is InChI=1S/C15H18O4/c1-9(2)10-6-7-11(13(16)17)12(8-10)14(18)19-15(3,4)5/h6-8H,1H2,2-5H3,(H,16,17). The lowest BCUT2D eigenvalue weighted by Crippen LogP contribution is -2.25. The average Bonchev–Trinajstić information content (AvgIpc) is 2.25. The third kappa shape index (κ3) is 3.95. The van der Waals surface area contributed by atoms with Crippen molar-refractivity contribution in [1.82, 2.24) is 0 Å². The highest BCUT2D eigenvalue weighted by molar-refractivity contribution is 6.03. The minimum atomic E-state index is -1.16. The topological polar surface area (TPSA) is 63.6 Å². The van der Waals surface area contributed by atoms with Crippen LogP contribution in [0.5, 0.6) is 0 Å². The molecule has 0 aromatic heterocycles. The van der Waals surface area contributed by atoms with Crippen LogP contribution in [0.3, 0.4) is 0 Å². The molecule has 0 aliphatic rings. The van der Waals surface area contributed by atoms with E-state index in [1.807, 2.05) is 0 Å². The molecule has 4 heteroatoms. The minimum absolute atomic E-state index is 0.0444. The number of esters is 1. The predicted octanol–water partition coefficient (Wildman–Crippen LogP) is 3.37. The van der Waals surface area contributed by atoms with Crippen LogP contribution in [0.25, 0.3) is 5.57 Å². The molecule has 1 rings (SSSR count). The minimum Gasteiger partial charge on any atom is -0.478 e. The summed E-state index contributed by atoms with van der Waals surface area (Å²) in [5, 5.41) is 9.11. The second-order valence-electron chi connectivity index (χ2n) is 5.35. The van der Waals surface area contributed by atoms with Crippen molar-refractivity contribution in [3.05, 3.63) is 41.5 Å². The molecule has 0 bridgehead atoms. The molecule has 0 aliphatic heterocycles. The van der Waals surface area contributed by atoms with Gasteiger partial charge in [0.15, 0.2) is 0 Å². The molecule has 0 saturated carbocycles. The highest BCUT2D eigenvalue weighted by Gasteiger charge is 2.23. The van der Waals surface area contributed by atoms with Crippen molar-refractivity contribution in [2.75, 3.05) is 0 Å². The van der Waals surface area contributed by atoms with Gasteiger partial charge < -0.3 is 9.84 Å². The van der Waals surface area contributed by atoms with E-state index in [1.165, 1.54) is 12.1 Å². The number of hydrogen-bond donors (Lipinski definition) is 1. The van der Waals surface area contributed by atoms with E-state index in [-0.39, 0.29) is 11.1 Å². The van der Waals surface area contributed by atoms with Crippen molar-refractivity contribution in [2.45, 2.75) is 33.3 Å². The van der Waals surface area contributed by atoms with Gasteiger partial charge in [-0.3, -0.25) is 0 Å². The maximum atomic E-state index is 12.0. The molecule has 1 aromatic carbocycles. The number of ether oxygens (including phenoxy) is 1. The van der Waals surface area contributed by atoms with E-state index >= 15 is 0 Å². The molecule has 0 spiro atoms. The van der Waals surface area contributed by atoms with Crippen LogP contribution in [-0.2, 0) is 4.74 Å². The summed E-state index contributed by atoms with van der Waals surface area (Å²) in [7, 11) is 0. The summed E-state index contributed by atoms with van der Waals surface area (Å²) >= 11 is 0. The summed E-state index contributed by atoms with van der Waals surface area (Å²) in [6, 6.07) is 4.52. The molecule has 0 heterocycles. The van der Waals surface area contributed by atoms with Crippen molar-refractivity contribution in [2.24, 2.45) is 0 Å². The number of carbonyl (C=O) groups excluding carboxylic acids is 1. The zero-order valence-corrected chi connectivity index (χ0v) is 11.6. The number of carboxylic acids is 1. The SMILES string of the molecule is C=C(C)c1ccc(C(=O)O)c(C(=O)OC(C)(C)C)c1. The van der Waals surface area contributed by atoms with Crippen LogP contribution in [0.4, 0.5) is 0 Å². The van der Waals surface area contributed by atoms with Crippen LogP contribution >= 0.6 is 0 Å². The number of aromatic carboxylic acids is 1. The quantitative estimate of drug-likeness (QED) is 0.848. The summed E-state index contributed by atoms with van der Waals surface area (Å²) in [5.41, 5.74) is 0.765. The first-order valence-corrected chi connectivity index (χ1v) is 5.88. The van der Waals surface area contributed by atoms with E-state index in [4.69, 9.17) is 9.84 Å². The van der Waals surface area contributed by atoms with Crippen LogP contribution in [0.2, 0.25) is 0 Å². The van der Waals surface area contributed by atoms with Gasteiger partial charge in [0.1, 0.15) is 5.60 Å². The smallest absolute Gasteiger partial charge is 0.339 e. The van der Waals surface area contributed by atoms with Crippen molar-refractivity contribution in [3.8, 4) is 0 Å². The number of benzene rings is 1. The van der Waals surface area contributed by atoms with Crippen molar-refractivity contribution >= 4 is 17.5 Å². The van der Waals surface area contributed by atoms with Crippen LogP contribution in [0.15, 0.2) is 24.8 Å². The van der Waals surface area contributed by atoms with E-state index in [0.717, 1.165) is 5.57 Å². The second-order valence-corrected chi connectivity index (χ2v) is 5.35. The van der Waals surface area contributed by atoms with Gasteiger partial charge in [0.2, 0.25) is 0 Å². The molecule has 0 fully saturated rings. The first-order valence-electron chi connectivity index (χ1n) is 5.88. The summed E-state index contributed by atoms with van der Waals surface area (Å²) in [4.78, 5) is 23.2. The van der Waals surface area contributed by atoms with Gasteiger partial charge in [-0.1, -0.05) is 18.2 Å². The highest BCUT2D eigenvalue weighted by Crippen LogP contribution is 2.20. The molecular weight excluding hydrogens is 244 g/mol. The number of rotatable bonds is 3. The summed E-state index contributed by atoms with van der Waals surface area (Å²) in [5.74, 6) is -1.80. The molecule has 0 radical (unpaired) electrons. The Morgan fingerprint density at radius 3 is 2.21 bits per heavy atom. The average molecular weight is 262 g/mol. The summed E-state index contributed by atoms with van der Waals surface area (Å²) in [6.07, 6.45) is 0. The first-order chi connectivity index (χ1) is 8.61. The number of carbonyl (C=O) groups is 2. The molecule has 1 aromatic rings. The summed E-state index contributed by atoms with van der Waals surface area (Å²) in [6.45, 7) is 10.8. The fraction of sp³-hybridized carbons (Fsp3) is 0.333. The Morgan fingerprint density at radius 1 is 1.21 bits per heavy atom. The van der Waals surface area contributed by atoms with E-state index in [0.29, 0.717) is 5.56 Å². The molecule has 0 amide bonds. The van der Waals surface area contributed by atoms with Gasteiger partial charge in [0, 0.05) is 0 Å². The fourth-order valence-electron chi connectivity index (χ4n) is 1.50. The lowest BCUT2D eigenvalue weighted by atomic mass is 10.0. The molecule has 0 saturated heterocycles. The highest BCUT2D eigenvalue weighted by atomic mass is 16.6. The number of hydrogen-bond acceptors (Lipinski definition) is 3. The van der Waals surface area contributed by atoms with Crippen LogP contribution in [0, 0.1) is 0 Å². The van der Waals surface area contributed by atoms with Crippen molar-refractivity contribution in [3.63, 3.8) is 0 Å². The molecule has 0 atom stereocenters. The maximum Gasteiger partial charge on any atom is 0.339 e. The van der Waals surface area contributed by atoms with Crippen LogP contribution < -0.4 is 0 Å². The Bertz CT molecular complexity index is 536. The molecule has 1 N–H and O–H groups in total. The zero-order chi connectivity index (χ0) is 14.8. The normalized spacial score (nSPS) is 10.9. The zero-order valence-electron chi connectivity index (χ0n) is 11.6. The Morgan fingerprint density at radius 2 is 1.79 bits per heavy atom. The number of carboxylic acid groups (broad SMARTS) is 1. The lowest BCUT2D eigenvalue weighted by molar-refractivity contribution is 0.00658. The third-order valence-electron chi connectivity index (χ3n) is 2.36.